The highest BCUT2D eigenvalue weighted by Crippen LogP contribution is 2.19. The number of nitrogens with zero attached hydrogens (tertiary/aromatic N) is 3. The van der Waals surface area contributed by atoms with Crippen LogP contribution in [0.2, 0.25) is 0 Å². The van der Waals surface area contributed by atoms with E-state index in [4.69, 9.17) is 12.2 Å². The molecule has 0 saturated heterocycles. The molecule has 0 aliphatic carbocycles. The molecule has 0 amide bonds. The van der Waals surface area contributed by atoms with Gasteiger partial charge in [-0.15, -0.1) is 21.5 Å². The van der Waals surface area contributed by atoms with Crippen LogP contribution in [0.1, 0.15) is 0 Å². The van der Waals surface area contributed by atoms with Crippen LogP contribution in [0.4, 0.5) is 0 Å². The molecule has 3 aromatic heterocycles. The van der Waals surface area contributed by atoms with Crippen LogP contribution < -0.4 is 5.56 Å². The number of H-pyrrole nitrogens is 1. The summed E-state index contributed by atoms with van der Waals surface area (Å²) < 4.78 is 1.84. The predicted octanol–water partition coefficient (Wildman–Crippen LogP) is 1.94. The minimum atomic E-state index is -0.222. The Hall–Kier alpha value is -1.38. The third kappa shape index (κ3) is 1.42. The van der Waals surface area contributed by atoms with Gasteiger partial charge in [-0.1, -0.05) is 17.4 Å². The van der Waals surface area contributed by atoms with E-state index in [0.29, 0.717) is 14.6 Å². The van der Waals surface area contributed by atoms with Gasteiger partial charge in [0.2, 0.25) is 4.96 Å². The summed E-state index contributed by atoms with van der Waals surface area (Å²) in [4.78, 5) is 13.3. The number of fused-ring (bicyclic) bond motifs is 1. The Kier molecular flexibility index (Phi) is 2.20. The van der Waals surface area contributed by atoms with E-state index >= 15 is 0 Å². The molecule has 0 aliphatic rings. The molecule has 1 N–H and O–H groups in total. The fourth-order valence-electron chi connectivity index (χ4n) is 1.30. The lowest BCUT2D eigenvalue weighted by Gasteiger charge is -1.94. The second kappa shape index (κ2) is 3.58. The molecule has 80 valence electrons. The van der Waals surface area contributed by atoms with E-state index in [1.54, 1.807) is 0 Å². The number of hydrogen-bond acceptors (Lipinski definition) is 6. The molecule has 8 heteroatoms. The monoisotopic (exact) mass is 268 g/mol. The van der Waals surface area contributed by atoms with Crippen LogP contribution in [0.25, 0.3) is 15.5 Å². The molecule has 3 heterocycles. The summed E-state index contributed by atoms with van der Waals surface area (Å²) in [6, 6.07) is 3.70. The maximum absolute atomic E-state index is 12.0. The van der Waals surface area contributed by atoms with Crippen molar-refractivity contribution < 1.29 is 0 Å². The summed E-state index contributed by atoms with van der Waals surface area (Å²) in [5.41, 5.74) is 0.122. The molecule has 0 aromatic carbocycles. The molecule has 0 bridgehead atoms. The zero-order valence-corrected chi connectivity index (χ0v) is 10.2. The average Bonchev–Trinajstić information content (AvgIpc) is 2.86. The predicted molar refractivity (Wildman–Crippen MR) is 65.6 cm³/mol. The number of rotatable bonds is 1. The van der Waals surface area contributed by atoms with Crippen LogP contribution >= 0.6 is 34.9 Å². The number of nitrogens with one attached hydrogen (secondary N) is 1. The molecular formula is C8H4N4OS3. The van der Waals surface area contributed by atoms with E-state index in [-0.39, 0.29) is 5.56 Å². The van der Waals surface area contributed by atoms with E-state index in [9.17, 15) is 4.79 Å². The van der Waals surface area contributed by atoms with Crippen LogP contribution in [-0.4, -0.2) is 19.8 Å². The zero-order chi connectivity index (χ0) is 11.1. The minimum absolute atomic E-state index is 0.222. The van der Waals surface area contributed by atoms with E-state index in [2.05, 4.69) is 15.3 Å². The molecule has 0 spiro atoms. The Morgan fingerprint density at radius 1 is 1.44 bits per heavy atom. The maximum Gasteiger partial charge on any atom is 0.301 e. The van der Waals surface area contributed by atoms with Crippen LogP contribution in [-0.2, 0) is 0 Å². The number of thiophene rings is 1. The van der Waals surface area contributed by atoms with Gasteiger partial charge in [0.1, 0.15) is 0 Å². The highest BCUT2D eigenvalue weighted by Gasteiger charge is 2.11. The first-order chi connectivity index (χ1) is 7.75. The summed E-state index contributed by atoms with van der Waals surface area (Å²) in [6.45, 7) is 0. The lowest BCUT2D eigenvalue weighted by molar-refractivity contribution is 0.856. The number of aromatic amines is 1. The standard InChI is InChI=1S/C8H4N4OS3/c13-6-5(4-2-1-3-15-4)9-10-7-12(6)11-8(14)16-7/h1-3H,(H,11,14). The second-order valence-corrected chi connectivity index (χ2v) is 5.54. The van der Waals surface area contributed by atoms with Crippen molar-refractivity contribution in [2.45, 2.75) is 0 Å². The first kappa shape index (κ1) is 9.82. The Labute approximate surface area is 102 Å². The first-order valence-electron chi connectivity index (χ1n) is 4.28. The van der Waals surface area contributed by atoms with Crippen LogP contribution in [0.5, 0.6) is 0 Å². The molecule has 0 fully saturated rings. The first-order valence-corrected chi connectivity index (χ1v) is 6.38. The summed E-state index contributed by atoms with van der Waals surface area (Å²) in [7, 11) is 0. The molecule has 5 nitrogen and oxygen atoms in total. The van der Waals surface area contributed by atoms with Crippen LogP contribution in [0, 0.1) is 3.95 Å². The van der Waals surface area contributed by atoms with Gasteiger partial charge in [-0.25, -0.2) is 0 Å². The number of hydrogen-bond donors (Lipinski definition) is 1. The average molecular weight is 268 g/mol. The van der Waals surface area contributed by atoms with Gasteiger partial charge in [0, 0.05) is 0 Å². The SMILES string of the molecule is O=c1c(-c2cccs2)nnc2sc(=S)[nH]n12. The Balaban J connectivity index is 2.40. The lowest BCUT2D eigenvalue weighted by Crippen LogP contribution is -2.18. The largest absolute Gasteiger partial charge is 0.301 e. The summed E-state index contributed by atoms with van der Waals surface area (Å²) >= 11 is 7.63. The fourth-order valence-corrected chi connectivity index (χ4v) is 2.92. The van der Waals surface area contributed by atoms with Gasteiger partial charge in [-0.3, -0.25) is 9.89 Å². The van der Waals surface area contributed by atoms with Gasteiger partial charge >= 0.3 is 5.56 Å². The van der Waals surface area contributed by atoms with Crippen molar-refractivity contribution in [1.82, 2.24) is 19.8 Å². The van der Waals surface area contributed by atoms with Gasteiger partial charge in [-0.2, -0.15) is 4.52 Å². The van der Waals surface area contributed by atoms with Crippen molar-refractivity contribution in [3.8, 4) is 10.6 Å². The summed E-state index contributed by atoms with van der Waals surface area (Å²) in [5, 5.41) is 12.6. The van der Waals surface area contributed by atoms with Crippen molar-refractivity contribution >= 4 is 39.9 Å². The van der Waals surface area contributed by atoms with Crippen molar-refractivity contribution in [2.24, 2.45) is 0 Å². The molecular weight excluding hydrogens is 264 g/mol. The van der Waals surface area contributed by atoms with E-state index in [1.165, 1.54) is 27.2 Å². The van der Waals surface area contributed by atoms with E-state index < -0.39 is 0 Å². The zero-order valence-electron chi connectivity index (χ0n) is 7.71. The quantitative estimate of drug-likeness (QED) is 0.685. The molecule has 0 unspecified atom stereocenters. The molecule has 0 atom stereocenters. The minimum Gasteiger partial charge on any atom is -0.270 e. The normalized spacial score (nSPS) is 11.0. The third-order valence-electron chi connectivity index (χ3n) is 1.97. The number of aromatic nitrogens is 4. The highest BCUT2D eigenvalue weighted by molar-refractivity contribution is 7.73. The lowest BCUT2D eigenvalue weighted by atomic mass is 10.4. The van der Waals surface area contributed by atoms with Gasteiger partial charge in [-0.05, 0) is 23.7 Å². The van der Waals surface area contributed by atoms with Gasteiger partial charge < -0.3 is 0 Å². The highest BCUT2D eigenvalue weighted by atomic mass is 32.1. The van der Waals surface area contributed by atoms with Crippen molar-refractivity contribution in [1.29, 1.82) is 0 Å². The fraction of sp³-hybridized carbons (Fsp3) is 0. The molecule has 0 saturated carbocycles. The third-order valence-corrected chi connectivity index (χ3v) is 3.92. The van der Waals surface area contributed by atoms with Crippen molar-refractivity contribution in [3.05, 3.63) is 31.8 Å². The topological polar surface area (TPSA) is 63.0 Å². The van der Waals surface area contributed by atoms with Gasteiger partial charge in [0.05, 0.1) is 4.88 Å². The molecule has 0 aliphatic heterocycles. The summed E-state index contributed by atoms with van der Waals surface area (Å²) in [5.74, 6) is 0. The van der Waals surface area contributed by atoms with Crippen LogP contribution in [0.15, 0.2) is 22.3 Å². The van der Waals surface area contributed by atoms with Crippen molar-refractivity contribution in [2.75, 3.05) is 0 Å². The summed E-state index contributed by atoms with van der Waals surface area (Å²) in [6.07, 6.45) is 0. The van der Waals surface area contributed by atoms with Gasteiger partial charge in [0.25, 0.3) is 0 Å². The Bertz CT molecular complexity index is 752. The molecule has 3 aromatic rings. The van der Waals surface area contributed by atoms with E-state index in [0.717, 1.165) is 4.88 Å². The molecule has 3 rings (SSSR count). The maximum atomic E-state index is 12.0. The van der Waals surface area contributed by atoms with Crippen LogP contribution in [0.3, 0.4) is 0 Å². The molecule has 0 radical (unpaired) electrons. The smallest absolute Gasteiger partial charge is 0.270 e. The molecule has 16 heavy (non-hydrogen) atoms. The Morgan fingerprint density at radius 2 is 2.31 bits per heavy atom. The van der Waals surface area contributed by atoms with Crippen molar-refractivity contribution in [3.63, 3.8) is 0 Å². The Morgan fingerprint density at radius 3 is 3.06 bits per heavy atom. The van der Waals surface area contributed by atoms with Gasteiger partial charge in [0.15, 0.2) is 9.65 Å². The van der Waals surface area contributed by atoms with E-state index in [1.807, 2.05) is 17.5 Å². The second-order valence-electron chi connectivity index (χ2n) is 2.95.